The monoisotopic (exact) mass is 584 g/mol. The van der Waals surface area contributed by atoms with E-state index >= 15 is 0 Å². The lowest BCUT2D eigenvalue weighted by Gasteiger charge is -2.42. The van der Waals surface area contributed by atoms with E-state index in [1.54, 1.807) is 50.2 Å². The summed E-state index contributed by atoms with van der Waals surface area (Å²) in [7, 11) is 0. The van der Waals surface area contributed by atoms with Crippen molar-refractivity contribution in [3.8, 4) is 0 Å². The lowest BCUT2D eigenvalue weighted by atomic mass is 9.72. The Labute approximate surface area is 244 Å². The van der Waals surface area contributed by atoms with Gasteiger partial charge in [0.25, 0.3) is 5.91 Å². The number of ether oxygens (including phenoxy) is 1. The van der Waals surface area contributed by atoms with Crippen molar-refractivity contribution in [3.63, 3.8) is 0 Å². The molecule has 7 atom stereocenters. The van der Waals surface area contributed by atoms with Gasteiger partial charge in [-0.2, -0.15) is 0 Å². The van der Waals surface area contributed by atoms with Crippen LogP contribution in [-0.2, 0) is 14.3 Å². The molecule has 2 aromatic rings. The SMILES string of the molecule is [CH2]CC(C(=O)NC1C(O)OC(CO)C(O)C1O)C(C)(CC)C(=O)NCNC(=O)c1ccc(C(=O)c2ccccc2)cc1. The molecule has 0 spiro atoms. The number of aliphatic hydroxyl groups is 4. The van der Waals surface area contributed by atoms with Crippen LogP contribution in [0.2, 0.25) is 0 Å². The smallest absolute Gasteiger partial charge is 0.252 e. The molecule has 12 heteroatoms. The van der Waals surface area contributed by atoms with Crippen LogP contribution in [0.1, 0.15) is 53.0 Å². The molecule has 3 rings (SSSR count). The molecule has 1 radical (unpaired) electrons. The molecule has 12 nitrogen and oxygen atoms in total. The normalized spacial score (nSPS) is 24.1. The van der Waals surface area contributed by atoms with Crippen molar-refractivity contribution < 1.29 is 44.3 Å². The molecule has 0 saturated carbocycles. The van der Waals surface area contributed by atoms with E-state index < -0.39 is 66.3 Å². The number of aliphatic hydroxyl groups excluding tert-OH is 4. The van der Waals surface area contributed by atoms with Gasteiger partial charge in [0.05, 0.1) is 24.6 Å². The Bertz CT molecular complexity index is 1240. The summed E-state index contributed by atoms with van der Waals surface area (Å²) in [6, 6.07) is 13.4. The fourth-order valence-electron chi connectivity index (χ4n) is 4.86. The number of rotatable bonds is 12. The van der Waals surface area contributed by atoms with Crippen molar-refractivity contribution in [1.29, 1.82) is 0 Å². The summed E-state index contributed by atoms with van der Waals surface area (Å²) in [4.78, 5) is 51.6. The predicted molar refractivity (Wildman–Crippen MR) is 151 cm³/mol. The zero-order valence-electron chi connectivity index (χ0n) is 23.5. The quantitative estimate of drug-likeness (QED) is 0.132. The number of nitrogens with one attached hydrogen (secondary N) is 3. The van der Waals surface area contributed by atoms with Gasteiger partial charge in [0, 0.05) is 16.7 Å². The molecule has 0 bridgehead atoms. The molecule has 1 aliphatic rings. The highest BCUT2D eigenvalue weighted by Gasteiger charge is 2.47. The van der Waals surface area contributed by atoms with E-state index in [0.717, 1.165) is 0 Å². The third-order valence-electron chi connectivity index (χ3n) is 7.78. The number of carbonyl (C=O) groups excluding carboxylic acids is 4. The first kappa shape index (κ1) is 32.8. The zero-order valence-corrected chi connectivity index (χ0v) is 23.5. The van der Waals surface area contributed by atoms with E-state index in [4.69, 9.17) is 4.74 Å². The summed E-state index contributed by atoms with van der Waals surface area (Å²) in [5.41, 5.74) is -0.0735. The molecule has 0 aromatic heterocycles. The highest BCUT2D eigenvalue weighted by molar-refractivity contribution is 6.09. The van der Waals surface area contributed by atoms with Crippen LogP contribution in [0.25, 0.3) is 0 Å². The fourth-order valence-corrected chi connectivity index (χ4v) is 4.86. The molecular formula is C30H38N3O9. The maximum Gasteiger partial charge on any atom is 0.252 e. The number of ketones is 1. The molecule has 1 heterocycles. The second-order valence-corrected chi connectivity index (χ2v) is 10.3. The van der Waals surface area contributed by atoms with Crippen LogP contribution < -0.4 is 16.0 Å². The largest absolute Gasteiger partial charge is 0.394 e. The summed E-state index contributed by atoms with van der Waals surface area (Å²) in [5, 5.41) is 47.6. The Morgan fingerprint density at radius 2 is 1.52 bits per heavy atom. The molecule has 1 aliphatic heterocycles. The zero-order chi connectivity index (χ0) is 31.0. The average molecular weight is 585 g/mol. The molecule has 7 unspecified atom stereocenters. The molecule has 227 valence electrons. The Morgan fingerprint density at radius 3 is 2.10 bits per heavy atom. The summed E-state index contributed by atoms with van der Waals surface area (Å²) < 4.78 is 5.08. The third-order valence-corrected chi connectivity index (χ3v) is 7.78. The van der Waals surface area contributed by atoms with E-state index in [1.807, 2.05) is 6.07 Å². The van der Waals surface area contributed by atoms with Gasteiger partial charge in [0.15, 0.2) is 12.1 Å². The molecule has 0 aliphatic carbocycles. The maximum atomic E-state index is 13.2. The van der Waals surface area contributed by atoms with Crippen LogP contribution in [-0.4, -0.2) is 87.9 Å². The lowest BCUT2D eigenvalue weighted by molar-refractivity contribution is -0.254. The van der Waals surface area contributed by atoms with Crippen molar-refractivity contribution >= 4 is 23.5 Å². The van der Waals surface area contributed by atoms with Gasteiger partial charge >= 0.3 is 0 Å². The summed E-state index contributed by atoms with van der Waals surface area (Å²) in [6.07, 6.45) is -5.96. The van der Waals surface area contributed by atoms with Gasteiger partial charge in [0.2, 0.25) is 11.8 Å². The summed E-state index contributed by atoms with van der Waals surface area (Å²) >= 11 is 0. The first-order valence-corrected chi connectivity index (χ1v) is 13.6. The Hall–Kier alpha value is -3.68. The topological polar surface area (TPSA) is 195 Å². The second kappa shape index (κ2) is 14.5. The standard InChI is InChI=1S/C30H38N3O9/c1-4-20(27(39)33-22-25(37)24(36)21(15-34)42-28(22)40)30(3,5-2)29(41)32-16-31-26(38)19-13-11-18(12-14-19)23(35)17-9-7-6-8-10-17/h6-14,20-22,24-25,28,34,36-37,40H,1,4-5,15-16H2,2-3H3,(H,31,38)(H,32,41)(H,33,39). The van der Waals surface area contributed by atoms with Gasteiger partial charge in [-0.3, -0.25) is 19.2 Å². The fraction of sp³-hybridized carbons (Fsp3) is 0.433. The summed E-state index contributed by atoms with van der Waals surface area (Å²) in [6.45, 7) is 6.16. The molecule has 1 saturated heterocycles. The van der Waals surface area contributed by atoms with Crippen molar-refractivity contribution in [2.45, 2.75) is 57.3 Å². The molecular weight excluding hydrogens is 546 g/mol. The highest BCUT2D eigenvalue weighted by Crippen LogP contribution is 2.34. The van der Waals surface area contributed by atoms with Crippen LogP contribution in [0.15, 0.2) is 54.6 Å². The van der Waals surface area contributed by atoms with Gasteiger partial charge in [-0.15, -0.1) is 0 Å². The third kappa shape index (κ3) is 7.20. The first-order valence-electron chi connectivity index (χ1n) is 13.6. The number of carbonyl (C=O) groups is 4. The number of hydrogen-bond acceptors (Lipinski definition) is 9. The number of hydrogen-bond donors (Lipinski definition) is 7. The van der Waals surface area contributed by atoms with Crippen LogP contribution >= 0.6 is 0 Å². The first-order chi connectivity index (χ1) is 20.0. The van der Waals surface area contributed by atoms with Gasteiger partial charge in [-0.05, 0) is 31.9 Å². The van der Waals surface area contributed by atoms with Crippen molar-refractivity contribution in [1.82, 2.24) is 16.0 Å². The molecule has 42 heavy (non-hydrogen) atoms. The minimum absolute atomic E-state index is 0.0222. The van der Waals surface area contributed by atoms with Crippen molar-refractivity contribution in [2.24, 2.45) is 11.3 Å². The van der Waals surface area contributed by atoms with Crippen LogP contribution in [0.4, 0.5) is 0 Å². The van der Waals surface area contributed by atoms with Crippen molar-refractivity contribution in [2.75, 3.05) is 13.3 Å². The van der Waals surface area contributed by atoms with Gasteiger partial charge < -0.3 is 41.1 Å². The van der Waals surface area contributed by atoms with E-state index in [1.165, 1.54) is 12.1 Å². The number of amides is 3. The van der Waals surface area contributed by atoms with E-state index in [-0.39, 0.29) is 30.9 Å². The Morgan fingerprint density at radius 1 is 0.929 bits per heavy atom. The minimum Gasteiger partial charge on any atom is -0.394 e. The van der Waals surface area contributed by atoms with Crippen LogP contribution in [0, 0.1) is 18.3 Å². The lowest BCUT2D eigenvalue weighted by Crippen LogP contribution is -2.65. The van der Waals surface area contributed by atoms with Gasteiger partial charge in [0.1, 0.15) is 24.4 Å². The van der Waals surface area contributed by atoms with E-state index in [2.05, 4.69) is 22.9 Å². The van der Waals surface area contributed by atoms with Crippen LogP contribution in [0.3, 0.4) is 0 Å². The Kier molecular flexibility index (Phi) is 11.3. The summed E-state index contributed by atoms with van der Waals surface area (Å²) in [5.74, 6) is -2.93. The molecule has 3 amide bonds. The number of benzene rings is 2. The van der Waals surface area contributed by atoms with Crippen LogP contribution in [0.5, 0.6) is 0 Å². The molecule has 7 N–H and O–H groups in total. The van der Waals surface area contributed by atoms with E-state index in [0.29, 0.717) is 11.1 Å². The van der Waals surface area contributed by atoms with E-state index in [9.17, 15) is 39.6 Å². The maximum absolute atomic E-state index is 13.2. The molecule has 2 aromatic carbocycles. The second-order valence-electron chi connectivity index (χ2n) is 10.3. The Balaban J connectivity index is 1.59. The van der Waals surface area contributed by atoms with Gasteiger partial charge in [-0.1, -0.05) is 56.3 Å². The van der Waals surface area contributed by atoms with Gasteiger partial charge in [-0.25, -0.2) is 0 Å². The van der Waals surface area contributed by atoms with Crippen molar-refractivity contribution in [3.05, 3.63) is 78.2 Å². The highest BCUT2D eigenvalue weighted by atomic mass is 16.6. The average Bonchev–Trinajstić information content (AvgIpc) is 3.01. The minimum atomic E-state index is -1.71. The predicted octanol–water partition coefficient (Wildman–Crippen LogP) is -0.106. The molecule has 1 fully saturated rings.